The van der Waals surface area contributed by atoms with Gasteiger partial charge in [0.15, 0.2) is 0 Å². The smallest absolute Gasteiger partial charge is 0.240 e. The minimum Gasteiger partial charge on any atom is -0.364 e. The van der Waals surface area contributed by atoms with Gasteiger partial charge in [-0.3, -0.25) is 14.5 Å². The van der Waals surface area contributed by atoms with E-state index in [2.05, 4.69) is 0 Å². The number of imide groups is 1. The van der Waals surface area contributed by atoms with Gasteiger partial charge in [-0.05, 0) is 12.8 Å². The first kappa shape index (κ1) is 15.1. The number of alkyl halides is 3. The lowest BCUT2D eigenvalue weighted by Gasteiger charge is -2.22. The van der Waals surface area contributed by atoms with Crippen LogP contribution in [0, 0.1) is 11.8 Å². The van der Waals surface area contributed by atoms with Crippen LogP contribution in [-0.2, 0) is 14.3 Å². The van der Waals surface area contributed by atoms with Crippen LogP contribution in [0.25, 0.3) is 0 Å². The first-order valence-corrected chi connectivity index (χ1v) is 6.82. The number of hydrogen-bond acceptors (Lipinski definition) is 4. The van der Waals surface area contributed by atoms with Gasteiger partial charge in [0, 0.05) is 0 Å². The van der Waals surface area contributed by atoms with E-state index in [0.29, 0.717) is 12.8 Å². The van der Waals surface area contributed by atoms with Gasteiger partial charge in [0.1, 0.15) is 6.73 Å². The molecule has 1 aliphatic heterocycles. The van der Waals surface area contributed by atoms with Crippen LogP contribution < -0.4 is 0 Å². The van der Waals surface area contributed by atoms with Crippen LogP contribution in [0.15, 0.2) is 12.2 Å². The van der Waals surface area contributed by atoms with E-state index in [0.717, 1.165) is 4.90 Å². The number of amides is 2. The van der Waals surface area contributed by atoms with Gasteiger partial charge in [-0.2, -0.15) is 0 Å². The van der Waals surface area contributed by atoms with Crippen molar-refractivity contribution in [1.29, 1.82) is 0 Å². The number of ether oxygens (including phenoxy) is 1. The Morgan fingerprint density at radius 1 is 1.26 bits per heavy atom. The molecule has 0 aromatic rings. The maximum absolute atomic E-state index is 12.0. The summed E-state index contributed by atoms with van der Waals surface area (Å²) in [6.45, 7) is -0.417. The number of rotatable bonds is 3. The largest absolute Gasteiger partial charge is 0.364 e. The number of allylic oxidation sites excluding steroid dienone is 2. The summed E-state index contributed by atoms with van der Waals surface area (Å²) in [6, 6.07) is 0. The lowest BCUT2D eigenvalue weighted by molar-refractivity contribution is -0.161. The van der Waals surface area contributed by atoms with Crippen molar-refractivity contribution >= 4 is 46.6 Å². The summed E-state index contributed by atoms with van der Waals surface area (Å²) in [4.78, 5) is 25.0. The van der Waals surface area contributed by atoms with E-state index in [1.54, 1.807) is 0 Å². The lowest BCUT2D eigenvalue weighted by Crippen LogP contribution is -2.38. The van der Waals surface area contributed by atoms with Gasteiger partial charge in [-0.1, -0.05) is 47.0 Å². The molecular formula is C11H12Cl3NO4. The predicted molar refractivity (Wildman–Crippen MR) is 69.5 cm³/mol. The topological polar surface area (TPSA) is 66.8 Å². The van der Waals surface area contributed by atoms with Crippen molar-refractivity contribution in [3.05, 3.63) is 12.2 Å². The molecule has 8 heteroatoms. The van der Waals surface area contributed by atoms with E-state index in [9.17, 15) is 14.7 Å². The third kappa shape index (κ3) is 3.06. The molecule has 1 saturated heterocycles. The molecule has 0 spiro atoms. The Morgan fingerprint density at radius 2 is 1.74 bits per heavy atom. The highest BCUT2D eigenvalue weighted by Gasteiger charge is 2.47. The van der Waals surface area contributed by atoms with Crippen molar-refractivity contribution in [2.45, 2.75) is 22.9 Å². The van der Waals surface area contributed by atoms with E-state index in [1.165, 1.54) is 0 Å². The molecule has 3 atom stereocenters. The second-order valence-corrected chi connectivity index (χ2v) is 6.82. The van der Waals surface area contributed by atoms with Crippen LogP contribution in [0.4, 0.5) is 0 Å². The Kier molecular flexibility index (Phi) is 4.42. The van der Waals surface area contributed by atoms with Crippen molar-refractivity contribution < 1.29 is 19.4 Å². The molecule has 3 unspecified atom stereocenters. The highest BCUT2D eigenvalue weighted by Crippen LogP contribution is 2.36. The minimum absolute atomic E-state index is 0.309. The first-order chi connectivity index (χ1) is 8.82. The average molecular weight is 329 g/mol. The Hall–Kier alpha value is -0.330. The fourth-order valence-corrected chi connectivity index (χ4v) is 2.42. The Morgan fingerprint density at radius 3 is 2.16 bits per heavy atom. The second-order valence-electron chi connectivity index (χ2n) is 4.45. The average Bonchev–Trinajstić information content (AvgIpc) is 2.59. The molecule has 1 fully saturated rings. The number of halogens is 3. The SMILES string of the molecule is O=C1C2CC=CCC2C(=O)N1COC(O)C(Cl)(Cl)Cl. The van der Waals surface area contributed by atoms with E-state index in [4.69, 9.17) is 39.5 Å². The number of hydrogen-bond donors (Lipinski definition) is 1. The van der Waals surface area contributed by atoms with E-state index < -0.39 is 16.8 Å². The van der Waals surface area contributed by atoms with Gasteiger partial charge in [-0.15, -0.1) is 0 Å². The van der Waals surface area contributed by atoms with Crippen LogP contribution >= 0.6 is 34.8 Å². The fraction of sp³-hybridized carbons (Fsp3) is 0.636. The Balaban J connectivity index is 1.99. The highest BCUT2D eigenvalue weighted by atomic mass is 35.6. The van der Waals surface area contributed by atoms with Crippen LogP contribution in [-0.4, -0.2) is 38.6 Å². The molecule has 106 valence electrons. The van der Waals surface area contributed by atoms with Gasteiger partial charge in [0.25, 0.3) is 0 Å². The lowest BCUT2D eigenvalue weighted by atomic mass is 9.85. The monoisotopic (exact) mass is 327 g/mol. The van der Waals surface area contributed by atoms with Crippen molar-refractivity contribution in [1.82, 2.24) is 4.90 Å². The number of likely N-dealkylation sites (tertiary alicyclic amines) is 1. The molecule has 2 aliphatic rings. The summed E-state index contributed by atoms with van der Waals surface area (Å²) in [7, 11) is 0. The van der Waals surface area contributed by atoms with Gasteiger partial charge < -0.3 is 9.84 Å². The third-order valence-corrected chi connectivity index (χ3v) is 3.80. The fourth-order valence-electron chi connectivity index (χ4n) is 2.24. The van der Waals surface area contributed by atoms with Crippen molar-refractivity contribution in [2.75, 3.05) is 6.73 Å². The zero-order chi connectivity index (χ0) is 14.2. The molecule has 0 saturated carbocycles. The van der Waals surface area contributed by atoms with Crippen LogP contribution in [0.3, 0.4) is 0 Å². The van der Waals surface area contributed by atoms with Gasteiger partial charge in [0.05, 0.1) is 11.8 Å². The standard InChI is InChI=1S/C11H12Cl3NO4/c12-11(13,14)10(18)19-5-15-8(16)6-3-1-2-4-7(6)9(15)17/h1-2,6-7,10,18H,3-5H2. The molecule has 1 aliphatic carbocycles. The molecule has 0 radical (unpaired) electrons. The summed E-state index contributed by atoms with van der Waals surface area (Å²) < 4.78 is 2.83. The number of carbonyl (C=O) groups is 2. The van der Waals surface area contributed by atoms with Crippen molar-refractivity contribution in [3.8, 4) is 0 Å². The van der Waals surface area contributed by atoms with Crippen molar-refractivity contribution in [3.63, 3.8) is 0 Å². The second kappa shape index (κ2) is 5.58. The van der Waals surface area contributed by atoms with Crippen LogP contribution in [0.2, 0.25) is 0 Å². The third-order valence-electron chi connectivity index (χ3n) is 3.24. The Labute approximate surface area is 125 Å². The van der Waals surface area contributed by atoms with E-state index in [1.807, 2.05) is 12.2 Å². The van der Waals surface area contributed by atoms with Crippen LogP contribution in [0.1, 0.15) is 12.8 Å². The van der Waals surface area contributed by atoms with E-state index in [-0.39, 0.29) is 23.7 Å². The molecule has 2 amide bonds. The van der Waals surface area contributed by atoms with Gasteiger partial charge in [0.2, 0.25) is 21.9 Å². The number of aliphatic hydroxyl groups is 1. The normalized spacial score (nSPS) is 28.7. The molecule has 0 aromatic carbocycles. The number of aliphatic hydroxyl groups excluding tert-OH is 1. The predicted octanol–water partition coefficient (Wildman–Crippen LogP) is 1.60. The number of fused-ring (bicyclic) bond motifs is 1. The summed E-state index contributed by atoms with van der Waals surface area (Å²) in [5.74, 6) is -1.30. The highest BCUT2D eigenvalue weighted by molar-refractivity contribution is 6.67. The van der Waals surface area contributed by atoms with Crippen molar-refractivity contribution in [2.24, 2.45) is 11.8 Å². The molecule has 2 rings (SSSR count). The summed E-state index contributed by atoms with van der Waals surface area (Å²) in [5, 5.41) is 9.40. The molecule has 0 bridgehead atoms. The number of nitrogens with zero attached hydrogens (tertiary/aromatic N) is 1. The van der Waals surface area contributed by atoms with Gasteiger partial charge in [-0.25, -0.2) is 0 Å². The Bertz CT molecular complexity index is 395. The summed E-state index contributed by atoms with van der Waals surface area (Å²) in [6.07, 6.45) is 3.14. The molecule has 5 nitrogen and oxygen atoms in total. The zero-order valence-corrected chi connectivity index (χ0v) is 12.0. The maximum Gasteiger partial charge on any atom is 0.240 e. The van der Waals surface area contributed by atoms with Gasteiger partial charge >= 0.3 is 0 Å². The summed E-state index contributed by atoms with van der Waals surface area (Å²) >= 11 is 16.3. The number of carbonyl (C=O) groups excluding carboxylic acids is 2. The van der Waals surface area contributed by atoms with Crippen LogP contribution in [0.5, 0.6) is 0 Å². The molecule has 0 aromatic heterocycles. The minimum atomic E-state index is -2.03. The molecular weight excluding hydrogens is 316 g/mol. The molecule has 1 N–H and O–H groups in total. The quantitative estimate of drug-likeness (QED) is 0.370. The first-order valence-electron chi connectivity index (χ1n) is 5.69. The van der Waals surface area contributed by atoms with E-state index >= 15 is 0 Å². The molecule has 19 heavy (non-hydrogen) atoms. The maximum atomic E-state index is 12.0. The zero-order valence-electron chi connectivity index (χ0n) is 9.76. The molecule has 1 heterocycles. The summed E-state index contributed by atoms with van der Waals surface area (Å²) in [5.41, 5.74) is 0.